The highest BCUT2D eigenvalue weighted by Gasteiger charge is 2.25. The molecule has 1 saturated heterocycles. The van der Waals surface area contributed by atoms with Gasteiger partial charge >= 0.3 is 0 Å². The molecule has 1 amide bonds. The molecule has 0 bridgehead atoms. The highest BCUT2D eigenvalue weighted by atomic mass is 32.2. The third kappa shape index (κ3) is 5.90. The van der Waals surface area contributed by atoms with E-state index in [2.05, 4.69) is 10.0 Å². The molecule has 0 aliphatic carbocycles. The standard InChI is InChI=1S/C25H27N3O5S2/c1-19-8-12-23(13-9-19)34(30,31)27-22-7-5-6-20(18-22)25(29)26-21-10-14-24(15-11-21)35(32,33)28-16-3-2-4-17-28/h5-15,18,27H,2-4,16-17H2,1H3,(H,26,29). The summed E-state index contributed by atoms with van der Waals surface area (Å²) < 4.78 is 54.9. The summed E-state index contributed by atoms with van der Waals surface area (Å²) in [4.78, 5) is 13.1. The average molecular weight is 514 g/mol. The number of carbonyl (C=O) groups is 1. The van der Waals surface area contributed by atoms with Gasteiger partial charge in [-0.05, 0) is 74.4 Å². The minimum Gasteiger partial charge on any atom is -0.322 e. The number of nitrogens with one attached hydrogen (secondary N) is 2. The lowest BCUT2D eigenvalue weighted by molar-refractivity contribution is 0.102. The van der Waals surface area contributed by atoms with Crippen LogP contribution in [0.3, 0.4) is 0 Å². The summed E-state index contributed by atoms with van der Waals surface area (Å²) in [6, 6.07) is 18.6. The van der Waals surface area contributed by atoms with Gasteiger partial charge in [0.2, 0.25) is 10.0 Å². The maximum absolute atomic E-state index is 12.8. The Bertz CT molecular complexity index is 1410. The molecule has 0 unspecified atom stereocenters. The second-order valence-electron chi connectivity index (χ2n) is 8.44. The molecule has 0 spiro atoms. The summed E-state index contributed by atoms with van der Waals surface area (Å²) >= 11 is 0. The van der Waals surface area contributed by atoms with Gasteiger partial charge in [-0.3, -0.25) is 9.52 Å². The van der Waals surface area contributed by atoms with Crippen LogP contribution in [0.2, 0.25) is 0 Å². The number of benzene rings is 3. The smallest absolute Gasteiger partial charge is 0.261 e. The number of anilines is 2. The van der Waals surface area contributed by atoms with E-state index in [4.69, 9.17) is 0 Å². The second kappa shape index (κ2) is 10.2. The van der Waals surface area contributed by atoms with Gasteiger partial charge in [-0.1, -0.05) is 30.2 Å². The predicted octanol–water partition coefficient (Wildman–Crippen LogP) is 4.22. The van der Waals surface area contributed by atoms with Crippen molar-refractivity contribution in [3.8, 4) is 0 Å². The monoisotopic (exact) mass is 513 g/mol. The van der Waals surface area contributed by atoms with Gasteiger partial charge in [-0.15, -0.1) is 0 Å². The minimum absolute atomic E-state index is 0.123. The summed E-state index contributed by atoms with van der Waals surface area (Å²) in [5.74, 6) is -0.451. The van der Waals surface area contributed by atoms with Crippen molar-refractivity contribution in [3.63, 3.8) is 0 Å². The van der Waals surface area contributed by atoms with E-state index in [1.807, 2.05) is 6.92 Å². The van der Waals surface area contributed by atoms with Crippen molar-refractivity contribution in [1.82, 2.24) is 4.31 Å². The fraction of sp³-hybridized carbons (Fsp3) is 0.240. The van der Waals surface area contributed by atoms with Crippen molar-refractivity contribution >= 4 is 37.3 Å². The third-order valence-corrected chi connectivity index (χ3v) is 9.08. The van der Waals surface area contributed by atoms with Crippen LogP contribution >= 0.6 is 0 Å². The fourth-order valence-electron chi connectivity index (χ4n) is 3.82. The number of hydrogen-bond acceptors (Lipinski definition) is 5. The van der Waals surface area contributed by atoms with Crippen molar-refractivity contribution in [2.24, 2.45) is 0 Å². The first-order valence-electron chi connectivity index (χ1n) is 11.3. The van der Waals surface area contributed by atoms with E-state index in [9.17, 15) is 21.6 Å². The van der Waals surface area contributed by atoms with Gasteiger partial charge in [0.05, 0.1) is 9.79 Å². The van der Waals surface area contributed by atoms with Crippen LogP contribution in [0.25, 0.3) is 0 Å². The zero-order valence-electron chi connectivity index (χ0n) is 19.3. The van der Waals surface area contributed by atoms with Gasteiger partial charge in [0, 0.05) is 30.0 Å². The Morgan fingerprint density at radius 1 is 0.771 bits per heavy atom. The summed E-state index contributed by atoms with van der Waals surface area (Å²) in [5, 5.41) is 2.72. The van der Waals surface area contributed by atoms with Gasteiger partial charge in [-0.2, -0.15) is 4.31 Å². The zero-order valence-corrected chi connectivity index (χ0v) is 20.9. The Balaban J connectivity index is 1.45. The normalized spacial score (nSPS) is 14.9. The molecule has 10 heteroatoms. The van der Waals surface area contributed by atoms with Crippen LogP contribution in [-0.4, -0.2) is 40.1 Å². The third-order valence-electron chi connectivity index (χ3n) is 5.77. The van der Waals surface area contributed by atoms with Crippen LogP contribution < -0.4 is 10.0 Å². The Labute approximate surface area is 206 Å². The average Bonchev–Trinajstić information content (AvgIpc) is 2.85. The van der Waals surface area contributed by atoms with E-state index in [0.717, 1.165) is 24.8 Å². The number of nitrogens with zero attached hydrogens (tertiary/aromatic N) is 1. The first kappa shape index (κ1) is 24.9. The Morgan fingerprint density at radius 2 is 1.40 bits per heavy atom. The van der Waals surface area contributed by atoms with Crippen LogP contribution in [0.5, 0.6) is 0 Å². The maximum Gasteiger partial charge on any atom is 0.261 e. The van der Waals surface area contributed by atoms with Gasteiger partial charge in [-0.25, -0.2) is 16.8 Å². The number of carbonyl (C=O) groups excluding carboxylic acids is 1. The molecule has 1 heterocycles. The van der Waals surface area contributed by atoms with Gasteiger partial charge in [0.15, 0.2) is 0 Å². The summed E-state index contributed by atoms with van der Waals surface area (Å²) in [6.45, 7) is 2.91. The maximum atomic E-state index is 12.8. The molecular formula is C25H27N3O5S2. The number of amides is 1. The molecule has 0 aromatic heterocycles. The predicted molar refractivity (Wildman–Crippen MR) is 135 cm³/mol. The fourth-order valence-corrected chi connectivity index (χ4v) is 6.39. The molecule has 184 valence electrons. The van der Waals surface area contributed by atoms with E-state index < -0.39 is 26.0 Å². The van der Waals surface area contributed by atoms with E-state index >= 15 is 0 Å². The number of hydrogen-bond donors (Lipinski definition) is 2. The Morgan fingerprint density at radius 3 is 2.06 bits per heavy atom. The lowest BCUT2D eigenvalue weighted by atomic mass is 10.2. The molecule has 4 rings (SSSR count). The summed E-state index contributed by atoms with van der Waals surface area (Å²) in [5.41, 5.74) is 1.87. The first-order chi connectivity index (χ1) is 16.6. The highest BCUT2D eigenvalue weighted by molar-refractivity contribution is 7.92. The number of sulfonamides is 2. The largest absolute Gasteiger partial charge is 0.322 e. The van der Waals surface area contributed by atoms with Crippen LogP contribution in [0.1, 0.15) is 35.2 Å². The molecule has 8 nitrogen and oxygen atoms in total. The lowest BCUT2D eigenvalue weighted by Crippen LogP contribution is -2.35. The van der Waals surface area contributed by atoms with Gasteiger partial charge < -0.3 is 5.32 Å². The van der Waals surface area contributed by atoms with Crippen LogP contribution in [0, 0.1) is 6.92 Å². The zero-order chi connectivity index (χ0) is 25.1. The molecule has 1 fully saturated rings. The van der Waals surface area contributed by atoms with Gasteiger partial charge in [0.1, 0.15) is 0 Å². The first-order valence-corrected chi connectivity index (χ1v) is 14.2. The van der Waals surface area contributed by atoms with E-state index in [1.54, 1.807) is 42.5 Å². The van der Waals surface area contributed by atoms with E-state index in [1.165, 1.54) is 34.6 Å². The number of piperidine rings is 1. The van der Waals surface area contributed by atoms with Crippen molar-refractivity contribution in [1.29, 1.82) is 0 Å². The van der Waals surface area contributed by atoms with Crippen LogP contribution in [0.15, 0.2) is 82.6 Å². The van der Waals surface area contributed by atoms with Crippen LogP contribution in [0.4, 0.5) is 11.4 Å². The molecule has 2 N–H and O–H groups in total. The SMILES string of the molecule is Cc1ccc(S(=O)(=O)Nc2cccc(C(=O)Nc3ccc(S(=O)(=O)N4CCCCC4)cc3)c2)cc1. The molecular weight excluding hydrogens is 486 g/mol. The van der Waals surface area contributed by atoms with Gasteiger partial charge in [0.25, 0.3) is 15.9 Å². The molecule has 1 aliphatic rings. The number of aryl methyl sites for hydroxylation is 1. The Kier molecular flexibility index (Phi) is 7.25. The van der Waals surface area contributed by atoms with Crippen molar-refractivity contribution in [2.75, 3.05) is 23.1 Å². The summed E-state index contributed by atoms with van der Waals surface area (Å²) in [7, 11) is -7.35. The van der Waals surface area contributed by atoms with E-state index in [-0.39, 0.29) is 21.0 Å². The van der Waals surface area contributed by atoms with Crippen molar-refractivity contribution < 1.29 is 21.6 Å². The number of rotatable bonds is 7. The highest BCUT2D eigenvalue weighted by Crippen LogP contribution is 2.23. The summed E-state index contributed by atoms with van der Waals surface area (Å²) in [6.07, 6.45) is 2.74. The molecule has 0 atom stereocenters. The lowest BCUT2D eigenvalue weighted by Gasteiger charge is -2.25. The second-order valence-corrected chi connectivity index (χ2v) is 12.1. The van der Waals surface area contributed by atoms with Crippen molar-refractivity contribution in [2.45, 2.75) is 36.0 Å². The molecule has 35 heavy (non-hydrogen) atoms. The molecule has 3 aromatic carbocycles. The molecule has 1 aliphatic heterocycles. The van der Waals surface area contributed by atoms with Crippen molar-refractivity contribution in [3.05, 3.63) is 83.9 Å². The quantitative estimate of drug-likeness (QED) is 0.491. The molecule has 0 saturated carbocycles. The Hall–Kier alpha value is -3.21. The van der Waals surface area contributed by atoms with Crippen LogP contribution in [-0.2, 0) is 20.0 Å². The minimum atomic E-state index is -3.80. The molecule has 3 aromatic rings. The topological polar surface area (TPSA) is 113 Å². The van der Waals surface area contributed by atoms with E-state index in [0.29, 0.717) is 18.8 Å². The molecule has 0 radical (unpaired) electrons.